The highest BCUT2D eigenvalue weighted by Gasteiger charge is 2.43. The van der Waals surface area contributed by atoms with Crippen LogP contribution < -0.4 is 10.1 Å². The lowest BCUT2D eigenvalue weighted by atomic mass is 9.80. The number of hydrogen-bond acceptors (Lipinski definition) is 4. The second-order valence-corrected chi connectivity index (χ2v) is 10.1. The second kappa shape index (κ2) is 10.8. The molecule has 1 unspecified atom stereocenters. The van der Waals surface area contributed by atoms with Gasteiger partial charge in [-0.3, -0.25) is 9.59 Å². The molecule has 1 saturated heterocycles. The van der Waals surface area contributed by atoms with Gasteiger partial charge in [0.25, 0.3) is 5.91 Å². The molecule has 2 aliphatic heterocycles. The molecule has 2 amide bonds. The molecule has 0 radical (unpaired) electrons. The largest absolute Gasteiger partial charge is 0.487 e. The summed E-state index contributed by atoms with van der Waals surface area (Å²) in [6, 6.07) is 13.7. The lowest BCUT2D eigenvalue weighted by Gasteiger charge is -2.46. The van der Waals surface area contributed by atoms with Crippen LogP contribution in [0.3, 0.4) is 0 Å². The summed E-state index contributed by atoms with van der Waals surface area (Å²) in [6.45, 7) is 3.42. The van der Waals surface area contributed by atoms with Crippen molar-refractivity contribution < 1.29 is 19.1 Å². The number of aromatic amines is 1. The van der Waals surface area contributed by atoms with Gasteiger partial charge in [0, 0.05) is 67.7 Å². The summed E-state index contributed by atoms with van der Waals surface area (Å²) in [5.74, 6) is 0.703. The van der Waals surface area contributed by atoms with Crippen molar-refractivity contribution in [2.24, 2.45) is 0 Å². The number of methoxy groups -OCH3 is 1. The molecular weight excluding hydrogens is 510 g/mol. The molecule has 1 fully saturated rings. The van der Waals surface area contributed by atoms with Crippen molar-refractivity contribution in [1.29, 1.82) is 0 Å². The lowest BCUT2D eigenvalue weighted by molar-refractivity contribution is -0.122. The minimum Gasteiger partial charge on any atom is -0.487 e. The number of aryl methyl sites for hydroxylation is 1. The van der Waals surface area contributed by atoms with Gasteiger partial charge >= 0.3 is 0 Å². The average molecular weight is 542 g/mol. The molecule has 35 heavy (non-hydrogen) atoms. The summed E-state index contributed by atoms with van der Waals surface area (Å²) < 4.78 is 11.7. The zero-order valence-corrected chi connectivity index (χ0v) is 22.0. The molecule has 3 heterocycles. The molecule has 186 valence electrons. The van der Waals surface area contributed by atoms with Crippen molar-refractivity contribution in [3.63, 3.8) is 0 Å². The van der Waals surface area contributed by atoms with E-state index in [1.54, 1.807) is 19.1 Å². The number of carbonyl (C=O) groups excluding carboxylic acids is 2. The number of aromatic nitrogens is 1. The van der Waals surface area contributed by atoms with E-state index in [4.69, 9.17) is 4.74 Å². The van der Waals surface area contributed by atoms with Crippen molar-refractivity contribution in [2.75, 3.05) is 27.3 Å². The Hall–Kier alpha value is -2.84. The number of amides is 2. The van der Waals surface area contributed by atoms with Gasteiger partial charge in [0.05, 0.1) is 17.1 Å². The zero-order valence-electron chi connectivity index (χ0n) is 20.4. The van der Waals surface area contributed by atoms with Crippen molar-refractivity contribution in [3.05, 3.63) is 63.8 Å². The number of nitrogens with zero attached hydrogens (tertiary/aromatic N) is 1. The molecule has 0 saturated carbocycles. The summed E-state index contributed by atoms with van der Waals surface area (Å²) >= 11 is 3.56. The molecule has 7 nitrogen and oxygen atoms in total. The number of carbonyl (C=O) groups is 2. The number of hydrogen-bond donors (Lipinski definition) is 2. The fourth-order valence-corrected chi connectivity index (χ4v) is 5.32. The Bertz CT molecular complexity index is 1200. The van der Waals surface area contributed by atoms with Gasteiger partial charge in [-0.05, 0) is 36.8 Å². The standard InChI is InChI=1S/C25H26BrN3O3.C2H6O/c1-2-18-12-16-4-3-5-19(23(16)27-18)24(31)28-21-14-25(8-10-29(15-30)11-9-25)32-22-7-6-17(26)13-20(21)22;1-3-2/h3-7,12-13,15,21,27H,2,8-11,14H2,1H3,(H,28,31);1-2H3. The van der Waals surface area contributed by atoms with Crippen molar-refractivity contribution in [1.82, 2.24) is 15.2 Å². The highest BCUT2D eigenvalue weighted by atomic mass is 79.9. The van der Waals surface area contributed by atoms with Crippen molar-refractivity contribution in [3.8, 4) is 5.75 Å². The highest BCUT2D eigenvalue weighted by Crippen LogP contribution is 2.45. The number of H-pyrrole nitrogens is 1. The molecule has 3 aromatic rings. The number of para-hydroxylation sites is 1. The van der Waals surface area contributed by atoms with E-state index in [1.165, 1.54) is 0 Å². The molecule has 0 aliphatic carbocycles. The first kappa shape index (κ1) is 25.3. The first-order chi connectivity index (χ1) is 16.9. The SMILES string of the molecule is CCc1cc2cccc(C(=O)NC3CC4(CCN(C=O)CC4)Oc4ccc(Br)cc43)c2[nH]1.COC. The number of fused-ring (bicyclic) bond motifs is 2. The number of nitrogens with one attached hydrogen (secondary N) is 2. The molecule has 1 atom stereocenters. The molecule has 2 N–H and O–H groups in total. The minimum absolute atomic E-state index is 0.0987. The van der Waals surface area contributed by atoms with Crippen LogP contribution >= 0.6 is 15.9 Å². The maximum absolute atomic E-state index is 13.5. The summed E-state index contributed by atoms with van der Waals surface area (Å²) in [7, 11) is 3.25. The van der Waals surface area contributed by atoms with Crippen LogP contribution in [0.4, 0.5) is 0 Å². The maximum atomic E-state index is 13.5. The second-order valence-electron chi connectivity index (χ2n) is 9.16. The molecule has 2 aromatic carbocycles. The van der Waals surface area contributed by atoms with Crippen LogP contribution in [0.2, 0.25) is 0 Å². The first-order valence-electron chi connectivity index (χ1n) is 11.9. The third-order valence-electron chi connectivity index (χ3n) is 6.75. The minimum atomic E-state index is -0.383. The van der Waals surface area contributed by atoms with Gasteiger partial charge in [-0.15, -0.1) is 0 Å². The van der Waals surface area contributed by atoms with Crippen LogP contribution in [0.15, 0.2) is 46.9 Å². The van der Waals surface area contributed by atoms with E-state index in [2.05, 4.69) is 44.0 Å². The van der Waals surface area contributed by atoms with Gasteiger partial charge in [0.15, 0.2) is 0 Å². The third-order valence-corrected chi connectivity index (χ3v) is 7.24. The van der Waals surface area contributed by atoms with Crippen molar-refractivity contribution in [2.45, 2.75) is 44.2 Å². The van der Waals surface area contributed by atoms with Crippen LogP contribution in [-0.2, 0) is 16.0 Å². The Morgan fingerprint density at radius 1 is 1.26 bits per heavy atom. The Labute approximate surface area is 214 Å². The molecule has 0 bridgehead atoms. The quantitative estimate of drug-likeness (QED) is 0.455. The average Bonchev–Trinajstić information content (AvgIpc) is 3.29. The van der Waals surface area contributed by atoms with Gasteiger partial charge in [0.1, 0.15) is 11.4 Å². The fraction of sp³-hybridized carbons (Fsp3) is 0.407. The Balaban J connectivity index is 0.000000917. The van der Waals surface area contributed by atoms with Crippen molar-refractivity contribution >= 4 is 39.2 Å². The maximum Gasteiger partial charge on any atom is 0.253 e. The van der Waals surface area contributed by atoms with Crippen LogP contribution in [0.1, 0.15) is 53.8 Å². The Morgan fingerprint density at radius 2 is 2.00 bits per heavy atom. The number of benzene rings is 2. The number of halogens is 1. The van der Waals surface area contributed by atoms with Gasteiger partial charge in [-0.1, -0.05) is 35.0 Å². The van der Waals surface area contributed by atoms with E-state index in [1.807, 2.05) is 36.4 Å². The van der Waals surface area contributed by atoms with E-state index in [0.717, 1.165) is 58.1 Å². The van der Waals surface area contributed by atoms with E-state index < -0.39 is 0 Å². The number of piperidine rings is 1. The molecule has 5 rings (SSSR count). The van der Waals surface area contributed by atoms with Crippen LogP contribution in [0, 0.1) is 0 Å². The zero-order chi connectivity index (χ0) is 25.0. The summed E-state index contributed by atoms with van der Waals surface area (Å²) in [5, 5.41) is 4.34. The van der Waals surface area contributed by atoms with E-state index >= 15 is 0 Å². The topological polar surface area (TPSA) is 83.7 Å². The summed E-state index contributed by atoms with van der Waals surface area (Å²) in [5.41, 5.74) is 3.23. The smallest absolute Gasteiger partial charge is 0.253 e. The van der Waals surface area contributed by atoms with E-state index in [0.29, 0.717) is 25.1 Å². The summed E-state index contributed by atoms with van der Waals surface area (Å²) in [6.07, 6.45) is 3.97. The first-order valence-corrected chi connectivity index (χ1v) is 12.7. The molecule has 1 spiro atoms. The fourth-order valence-electron chi connectivity index (χ4n) is 4.94. The van der Waals surface area contributed by atoms with Gasteiger partial charge in [0.2, 0.25) is 6.41 Å². The third kappa shape index (κ3) is 5.38. The van der Waals surface area contributed by atoms with E-state index in [-0.39, 0.29) is 17.6 Å². The van der Waals surface area contributed by atoms with Gasteiger partial charge < -0.3 is 24.7 Å². The summed E-state index contributed by atoms with van der Waals surface area (Å²) in [4.78, 5) is 29.8. The number of likely N-dealkylation sites (tertiary alicyclic amines) is 1. The van der Waals surface area contributed by atoms with Crippen LogP contribution in [0.25, 0.3) is 10.9 Å². The van der Waals surface area contributed by atoms with Gasteiger partial charge in [-0.2, -0.15) is 0 Å². The molecule has 1 aromatic heterocycles. The predicted octanol–water partition coefficient (Wildman–Crippen LogP) is 5.00. The van der Waals surface area contributed by atoms with Crippen LogP contribution in [0.5, 0.6) is 5.75 Å². The highest BCUT2D eigenvalue weighted by molar-refractivity contribution is 9.10. The molecule has 8 heteroatoms. The van der Waals surface area contributed by atoms with E-state index in [9.17, 15) is 9.59 Å². The molecular formula is C27H32BrN3O4. The van der Waals surface area contributed by atoms with Gasteiger partial charge in [-0.25, -0.2) is 0 Å². The monoisotopic (exact) mass is 541 g/mol. The number of rotatable bonds is 4. The molecule has 2 aliphatic rings. The predicted molar refractivity (Wildman–Crippen MR) is 140 cm³/mol. The van der Waals surface area contributed by atoms with Crippen LogP contribution in [-0.4, -0.2) is 55.1 Å². The number of ether oxygens (including phenoxy) is 2. The Morgan fingerprint density at radius 3 is 2.69 bits per heavy atom. The normalized spacial score (nSPS) is 18.3. The lowest BCUT2D eigenvalue weighted by Crippen LogP contribution is -2.52. The Kier molecular flexibility index (Phi) is 7.82.